The lowest BCUT2D eigenvalue weighted by Gasteiger charge is -2.37. The number of nitrogens with one attached hydrogen (secondary N) is 1. The zero-order valence-electron chi connectivity index (χ0n) is 13.0. The first-order valence-electron chi connectivity index (χ1n) is 6.98. The van der Waals surface area contributed by atoms with E-state index in [9.17, 15) is 14.7 Å². The van der Waals surface area contributed by atoms with Gasteiger partial charge in [-0.2, -0.15) is 0 Å². The van der Waals surface area contributed by atoms with Gasteiger partial charge in [0.2, 0.25) is 0 Å². The number of carbonyl (C=O) groups excluding carboxylic acids is 1. The van der Waals surface area contributed by atoms with Crippen LogP contribution in [0.4, 0.5) is 4.79 Å². The summed E-state index contributed by atoms with van der Waals surface area (Å²) in [6.45, 7) is 8.61. The molecule has 20 heavy (non-hydrogen) atoms. The Labute approximate surface area is 120 Å². The standard InChI is InChI=1S/C14H26N2O4/c1-9-6-7-16(8-10(9)20-5)13(19)15-11(12(17)18)14(2,3)4/h9-11H,6-8H2,1-5H3,(H,15,19)(H,17,18)/t9?,10?,11-/m0/s1. The number of carboxylic acids is 1. The van der Waals surface area contributed by atoms with Gasteiger partial charge in [0.25, 0.3) is 0 Å². The maximum atomic E-state index is 12.2. The maximum absolute atomic E-state index is 12.2. The van der Waals surface area contributed by atoms with Gasteiger partial charge in [0.1, 0.15) is 6.04 Å². The van der Waals surface area contributed by atoms with Crippen LogP contribution >= 0.6 is 0 Å². The predicted octanol–water partition coefficient (Wildman–Crippen LogP) is 1.55. The predicted molar refractivity (Wildman–Crippen MR) is 75.6 cm³/mol. The van der Waals surface area contributed by atoms with Crippen LogP contribution in [0.5, 0.6) is 0 Å². The highest BCUT2D eigenvalue weighted by molar-refractivity contribution is 5.83. The van der Waals surface area contributed by atoms with E-state index in [0.717, 1.165) is 6.42 Å². The van der Waals surface area contributed by atoms with Gasteiger partial charge in [0, 0.05) is 20.2 Å². The third-order valence-corrected chi connectivity index (χ3v) is 3.86. The van der Waals surface area contributed by atoms with Crippen molar-refractivity contribution in [1.29, 1.82) is 0 Å². The first-order chi connectivity index (χ1) is 9.16. The maximum Gasteiger partial charge on any atom is 0.326 e. The summed E-state index contributed by atoms with van der Waals surface area (Å²) >= 11 is 0. The molecule has 1 aliphatic rings. The minimum atomic E-state index is -1.01. The van der Waals surface area contributed by atoms with Gasteiger partial charge in [-0.25, -0.2) is 9.59 Å². The lowest BCUT2D eigenvalue weighted by Crippen LogP contribution is -2.56. The highest BCUT2D eigenvalue weighted by Crippen LogP contribution is 2.22. The fourth-order valence-corrected chi connectivity index (χ4v) is 2.39. The van der Waals surface area contributed by atoms with E-state index in [1.807, 2.05) is 0 Å². The summed E-state index contributed by atoms with van der Waals surface area (Å²) in [7, 11) is 1.64. The molecule has 1 aliphatic heterocycles. The first-order valence-corrected chi connectivity index (χ1v) is 6.98. The van der Waals surface area contributed by atoms with Gasteiger partial charge in [-0.05, 0) is 17.8 Å². The van der Waals surface area contributed by atoms with Crippen LogP contribution in [0, 0.1) is 11.3 Å². The molecule has 116 valence electrons. The largest absolute Gasteiger partial charge is 0.480 e. The Bertz CT molecular complexity index is 365. The molecular weight excluding hydrogens is 260 g/mol. The van der Waals surface area contributed by atoms with Gasteiger partial charge < -0.3 is 20.1 Å². The van der Waals surface area contributed by atoms with Gasteiger partial charge >= 0.3 is 12.0 Å². The van der Waals surface area contributed by atoms with E-state index in [1.165, 1.54) is 0 Å². The van der Waals surface area contributed by atoms with Crippen molar-refractivity contribution in [2.75, 3.05) is 20.2 Å². The first kappa shape index (κ1) is 16.8. The molecule has 0 aromatic heterocycles. The summed E-state index contributed by atoms with van der Waals surface area (Å²) in [5.41, 5.74) is -0.536. The summed E-state index contributed by atoms with van der Waals surface area (Å²) < 4.78 is 5.37. The Kier molecular flexibility index (Phi) is 5.39. The number of ether oxygens (including phenoxy) is 1. The monoisotopic (exact) mass is 286 g/mol. The van der Waals surface area contributed by atoms with Crippen LogP contribution in [0.1, 0.15) is 34.1 Å². The SMILES string of the molecule is COC1CN(C(=O)N[C@@H](C(=O)O)C(C)(C)C)CCC1C. The molecule has 0 spiro atoms. The Morgan fingerprint density at radius 2 is 2.00 bits per heavy atom. The van der Waals surface area contributed by atoms with Crippen LogP contribution in [0.3, 0.4) is 0 Å². The second kappa shape index (κ2) is 6.43. The molecule has 2 unspecified atom stereocenters. The molecule has 1 saturated heterocycles. The van der Waals surface area contributed by atoms with Crippen molar-refractivity contribution in [2.24, 2.45) is 11.3 Å². The van der Waals surface area contributed by atoms with E-state index < -0.39 is 17.4 Å². The Morgan fingerprint density at radius 1 is 1.40 bits per heavy atom. The van der Waals surface area contributed by atoms with Crippen molar-refractivity contribution in [1.82, 2.24) is 10.2 Å². The average Bonchev–Trinajstić information content (AvgIpc) is 2.34. The topological polar surface area (TPSA) is 78.9 Å². The summed E-state index contributed by atoms with van der Waals surface area (Å²) in [6, 6.07) is -1.24. The minimum Gasteiger partial charge on any atom is -0.480 e. The van der Waals surface area contributed by atoms with Gasteiger partial charge in [-0.15, -0.1) is 0 Å². The van der Waals surface area contributed by atoms with E-state index in [4.69, 9.17) is 4.74 Å². The molecule has 0 bridgehead atoms. The van der Waals surface area contributed by atoms with E-state index in [1.54, 1.807) is 32.8 Å². The average molecular weight is 286 g/mol. The Balaban J connectivity index is 2.68. The third kappa shape index (κ3) is 4.10. The molecule has 0 radical (unpaired) electrons. The van der Waals surface area contributed by atoms with E-state index in [2.05, 4.69) is 12.2 Å². The number of amides is 2. The second-order valence-corrected chi connectivity index (χ2v) is 6.57. The molecule has 1 rings (SSSR count). The van der Waals surface area contributed by atoms with Crippen LogP contribution in [-0.2, 0) is 9.53 Å². The van der Waals surface area contributed by atoms with E-state index >= 15 is 0 Å². The third-order valence-electron chi connectivity index (χ3n) is 3.86. The molecule has 3 atom stereocenters. The van der Waals surface area contributed by atoms with Gasteiger partial charge in [0.15, 0.2) is 0 Å². The zero-order valence-corrected chi connectivity index (χ0v) is 13.0. The van der Waals surface area contributed by atoms with Crippen LogP contribution in [0.25, 0.3) is 0 Å². The van der Waals surface area contributed by atoms with Crippen LogP contribution < -0.4 is 5.32 Å². The lowest BCUT2D eigenvalue weighted by atomic mass is 9.87. The molecule has 0 aromatic rings. The highest BCUT2D eigenvalue weighted by Gasteiger charge is 2.35. The number of hydrogen-bond acceptors (Lipinski definition) is 3. The molecule has 1 heterocycles. The van der Waals surface area contributed by atoms with Gasteiger partial charge in [0.05, 0.1) is 6.10 Å². The molecule has 0 aromatic carbocycles. The Morgan fingerprint density at radius 3 is 2.45 bits per heavy atom. The number of carboxylic acid groups (broad SMARTS) is 1. The van der Waals surface area contributed by atoms with Crippen LogP contribution in [0.15, 0.2) is 0 Å². The van der Waals surface area contributed by atoms with Crippen molar-refractivity contribution in [3.05, 3.63) is 0 Å². The van der Waals surface area contributed by atoms with E-state index in [0.29, 0.717) is 19.0 Å². The van der Waals surface area contributed by atoms with Crippen molar-refractivity contribution in [3.8, 4) is 0 Å². The number of hydrogen-bond donors (Lipinski definition) is 2. The van der Waals surface area contributed by atoms with Crippen molar-refractivity contribution >= 4 is 12.0 Å². The summed E-state index contributed by atoms with van der Waals surface area (Å²) in [5.74, 6) is -0.610. The summed E-state index contributed by atoms with van der Waals surface area (Å²) in [5, 5.41) is 11.9. The molecule has 6 nitrogen and oxygen atoms in total. The van der Waals surface area contributed by atoms with E-state index in [-0.39, 0.29) is 12.1 Å². The minimum absolute atomic E-state index is 0.00687. The molecule has 2 amide bonds. The lowest BCUT2D eigenvalue weighted by molar-refractivity contribution is -0.142. The van der Waals surface area contributed by atoms with Gasteiger partial charge in [-0.1, -0.05) is 27.7 Å². The quantitative estimate of drug-likeness (QED) is 0.825. The molecule has 0 saturated carbocycles. The molecule has 6 heteroatoms. The molecule has 2 N–H and O–H groups in total. The van der Waals surface area contributed by atoms with Crippen molar-refractivity contribution in [3.63, 3.8) is 0 Å². The number of piperidine rings is 1. The fourth-order valence-electron chi connectivity index (χ4n) is 2.39. The van der Waals surface area contributed by atoms with Gasteiger partial charge in [-0.3, -0.25) is 0 Å². The number of nitrogens with zero attached hydrogens (tertiary/aromatic N) is 1. The zero-order chi connectivity index (χ0) is 15.5. The van der Waals surface area contributed by atoms with Crippen LogP contribution in [0.2, 0.25) is 0 Å². The number of carbonyl (C=O) groups is 2. The van der Waals surface area contributed by atoms with Crippen molar-refractivity contribution in [2.45, 2.75) is 46.3 Å². The molecular formula is C14H26N2O4. The number of aliphatic carboxylic acids is 1. The number of rotatable bonds is 3. The smallest absolute Gasteiger partial charge is 0.326 e. The molecule has 0 aliphatic carbocycles. The number of urea groups is 1. The fraction of sp³-hybridized carbons (Fsp3) is 0.857. The normalized spacial score (nSPS) is 25.1. The summed E-state index contributed by atoms with van der Waals surface area (Å²) in [6.07, 6.45) is 0.867. The molecule has 1 fully saturated rings. The highest BCUT2D eigenvalue weighted by atomic mass is 16.5. The Hall–Kier alpha value is -1.30. The second-order valence-electron chi connectivity index (χ2n) is 6.57. The number of methoxy groups -OCH3 is 1. The number of likely N-dealkylation sites (tertiary alicyclic amines) is 1. The van der Waals surface area contributed by atoms with Crippen molar-refractivity contribution < 1.29 is 19.4 Å². The summed E-state index contributed by atoms with van der Waals surface area (Å²) in [4.78, 5) is 25.1. The van der Waals surface area contributed by atoms with Crippen LogP contribution in [-0.4, -0.2) is 54.4 Å².